The number of rotatable bonds is 3. The van der Waals surface area contributed by atoms with Crippen molar-refractivity contribution in [3.8, 4) is 0 Å². The Morgan fingerprint density at radius 2 is 2.13 bits per heavy atom. The zero-order chi connectivity index (χ0) is 11.3. The van der Waals surface area contributed by atoms with Crippen LogP contribution in [0.2, 0.25) is 0 Å². The van der Waals surface area contributed by atoms with Crippen molar-refractivity contribution in [1.82, 2.24) is 0 Å². The molecule has 0 saturated heterocycles. The van der Waals surface area contributed by atoms with Crippen LogP contribution in [0.5, 0.6) is 0 Å². The second kappa shape index (κ2) is 5.20. The third-order valence-electron chi connectivity index (χ3n) is 1.58. The number of hydrazone groups is 1. The summed E-state index contributed by atoms with van der Waals surface area (Å²) in [6.07, 6.45) is 1.80. The van der Waals surface area contributed by atoms with Gasteiger partial charge in [0.1, 0.15) is 0 Å². The summed E-state index contributed by atoms with van der Waals surface area (Å²) in [6, 6.07) is 5.92. The Labute approximate surface area is 90.7 Å². The van der Waals surface area contributed by atoms with Crippen LogP contribution in [0.4, 0.5) is 11.4 Å². The molecule has 0 aliphatic heterocycles. The summed E-state index contributed by atoms with van der Waals surface area (Å²) in [7, 11) is 0. The Bertz CT molecular complexity index is 377. The van der Waals surface area contributed by atoms with Crippen molar-refractivity contribution in [2.75, 3.05) is 11.7 Å². The molecule has 0 spiro atoms. The average molecular weight is 226 g/mol. The van der Waals surface area contributed by atoms with E-state index in [0.29, 0.717) is 10.9 Å². The van der Waals surface area contributed by atoms with Crippen molar-refractivity contribution in [1.29, 1.82) is 0 Å². The maximum Gasteiger partial charge on any atom is 0.269 e. The molecule has 1 aromatic carbocycles. The van der Waals surface area contributed by atoms with Crippen LogP contribution < -0.4 is 11.2 Å². The zero-order valence-electron chi connectivity index (χ0n) is 8.01. The maximum absolute atomic E-state index is 10.4. The van der Waals surface area contributed by atoms with Crippen molar-refractivity contribution in [3.63, 3.8) is 0 Å². The molecule has 0 amide bonds. The Morgan fingerprint density at radius 1 is 1.53 bits per heavy atom. The highest BCUT2D eigenvalue weighted by atomic mass is 32.2. The van der Waals surface area contributed by atoms with Gasteiger partial charge in [0.25, 0.3) is 5.69 Å². The summed E-state index contributed by atoms with van der Waals surface area (Å²) in [5.74, 6) is 0. The first-order chi connectivity index (χ1) is 7.13. The summed E-state index contributed by atoms with van der Waals surface area (Å²) < 4.78 is 0. The number of non-ortho nitro benzene ring substituents is 1. The third-order valence-corrected chi connectivity index (χ3v) is 2.09. The molecule has 0 heterocycles. The zero-order valence-corrected chi connectivity index (χ0v) is 8.82. The lowest BCUT2D eigenvalue weighted by molar-refractivity contribution is -0.384. The summed E-state index contributed by atoms with van der Waals surface area (Å²) in [6.45, 7) is 0. The topological polar surface area (TPSA) is 93.5 Å². The molecule has 1 rings (SSSR count). The van der Waals surface area contributed by atoms with Crippen molar-refractivity contribution in [3.05, 3.63) is 34.4 Å². The molecule has 0 aromatic heterocycles. The Balaban J connectivity index is 2.69. The van der Waals surface area contributed by atoms with Gasteiger partial charge >= 0.3 is 0 Å². The molecule has 0 unspecified atom stereocenters. The van der Waals surface area contributed by atoms with Gasteiger partial charge in [0.05, 0.1) is 10.6 Å². The lowest BCUT2D eigenvalue weighted by Crippen LogP contribution is -2.08. The van der Waals surface area contributed by atoms with Gasteiger partial charge < -0.3 is 5.73 Å². The van der Waals surface area contributed by atoms with Gasteiger partial charge in [-0.1, -0.05) is 11.8 Å². The number of hydrogen-bond acceptors (Lipinski definition) is 5. The molecule has 3 N–H and O–H groups in total. The summed E-state index contributed by atoms with van der Waals surface area (Å²) in [5, 5.41) is 14.6. The van der Waals surface area contributed by atoms with E-state index < -0.39 is 4.92 Å². The lowest BCUT2D eigenvalue weighted by atomic mass is 10.3. The second-order valence-electron chi connectivity index (χ2n) is 2.57. The number of nitrogens with two attached hydrogens (primary N) is 1. The third kappa shape index (κ3) is 3.47. The van der Waals surface area contributed by atoms with Crippen molar-refractivity contribution in [2.24, 2.45) is 10.8 Å². The highest BCUT2D eigenvalue weighted by molar-refractivity contribution is 8.13. The molecule has 0 saturated carbocycles. The molecule has 0 fully saturated rings. The van der Waals surface area contributed by atoms with E-state index in [1.54, 1.807) is 18.4 Å². The Kier molecular flexibility index (Phi) is 3.92. The van der Waals surface area contributed by atoms with Crippen LogP contribution in [0, 0.1) is 10.1 Å². The molecule has 0 aliphatic rings. The number of anilines is 1. The SMILES string of the molecule is CS/C(N)=N/Nc1ccc([N+](=O)[O-])cc1. The van der Waals surface area contributed by atoms with E-state index in [9.17, 15) is 10.1 Å². The fourth-order valence-corrected chi connectivity index (χ4v) is 0.960. The molecule has 7 heteroatoms. The highest BCUT2D eigenvalue weighted by Gasteiger charge is 2.02. The smallest absolute Gasteiger partial charge is 0.269 e. The minimum atomic E-state index is -0.455. The van der Waals surface area contributed by atoms with Crippen LogP contribution in [0.25, 0.3) is 0 Å². The van der Waals surface area contributed by atoms with Crippen LogP contribution in [0.3, 0.4) is 0 Å². The maximum atomic E-state index is 10.4. The average Bonchev–Trinajstić information content (AvgIpc) is 2.26. The van der Waals surface area contributed by atoms with Gasteiger partial charge in [-0.05, 0) is 18.4 Å². The Morgan fingerprint density at radius 3 is 2.60 bits per heavy atom. The molecular weight excluding hydrogens is 216 g/mol. The number of nitro groups is 1. The quantitative estimate of drug-likeness (QED) is 0.353. The first-order valence-corrected chi connectivity index (χ1v) is 5.23. The van der Waals surface area contributed by atoms with Gasteiger partial charge in [-0.2, -0.15) is 5.10 Å². The van der Waals surface area contributed by atoms with E-state index >= 15 is 0 Å². The first-order valence-electron chi connectivity index (χ1n) is 4.01. The van der Waals surface area contributed by atoms with Gasteiger partial charge in [0, 0.05) is 12.1 Å². The summed E-state index contributed by atoms with van der Waals surface area (Å²) in [4.78, 5) is 9.90. The Hall–Kier alpha value is -1.76. The molecular formula is C8H10N4O2S. The van der Waals surface area contributed by atoms with E-state index in [-0.39, 0.29) is 5.69 Å². The highest BCUT2D eigenvalue weighted by Crippen LogP contribution is 2.15. The van der Waals surface area contributed by atoms with Crippen LogP contribution in [-0.4, -0.2) is 16.3 Å². The van der Waals surface area contributed by atoms with Crippen LogP contribution in [0.15, 0.2) is 29.4 Å². The normalized spacial score (nSPS) is 11.1. The van der Waals surface area contributed by atoms with Crippen LogP contribution in [-0.2, 0) is 0 Å². The predicted molar refractivity (Wildman–Crippen MR) is 61.9 cm³/mol. The molecule has 0 atom stereocenters. The minimum absolute atomic E-state index is 0.0439. The monoisotopic (exact) mass is 226 g/mol. The van der Waals surface area contributed by atoms with Crippen molar-refractivity contribution in [2.45, 2.75) is 0 Å². The molecule has 15 heavy (non-hydrogen) atoms. The second-order valence-corrected chi connectivity index (χ2v) is 3.40. The first kappa shape index (κ1) is 11.3. The van der Waals surface area contributed by atoms with Crippen LogP contribution in [0.1, 0.15) is 0 Å². The van der Waals surface area contributed by atoms with E-state index in [1.165, 1.54) is 23.9 Å². The number of nitrogens with one attached hydrogen (secondary N) is 1. The standard InChI is InChI=1S/C8H10N4O2S/c1-15-8(9)11-10-6-2-4-7(5-3-6)12(13)14/h2-5,10H,1H3,(H2,9,11). The van der Waals surface area contributed by atoms with E-state index in [4.69, 9.17) is 5.73 Å². The van der Waals surface area contributed by atoms with Gasteiger partial charge in [-0.3, -0.25) is 15.5 Å². The summed E-state index contributed by atoms with van der Waals surface area (Å²) >= 11 is 1.31. The number of nitro benzene ring substituents is 1. The van der Waals surface area contributed by atoms with Gasteiger partial charge in [-0.15, -0.1) is 0 Å². The predicted octanol–water partition coefficient (Wildman–Crippen LogP) is 1.60. The van der Waals surface area contributed by atoms with E-state index in [2.05, 4.69) is 10.5 Å². The molecule has 6 nitrogen and oxygen atoms in total. The molecule has 0 bridgehead atoms. The van der Waals surface area contributed by atoms with E-state index in [1.807, 2.05) is 0 Å². The molecule has 0 aliphatic carbocycles. The van der Waals surface area contributed by atoms with Crippen molar-refractivity contribution >= 4 is 28.3 Å². The fourth-order valence-electron chi connectivity index (χ4n) is 0.823. The number of nitrogens with zero attached hydrogens (tertiary/aromatic N) is 2. The van der Waals surface area contributed by atoms with E-state index in [0.717, 1.165) is 0 Å². The lowest BCUT2D eigenvalue weighted by Gasteiger charge is -2.00. The fraction of sp³-hybridized carbons (Fsp3) is 0.125. The van der Waals surface area contributed by atoms with Gasteiger partial charge in [0.15, 0.2) is 5.17 Å². The number of thioether (sulfide) groups is 1. The summed E-state index contributed by atoms with van der Waals surface area (Å²) in [5.41, 5.74) is 8.82. The van der Waals surface area contributed by atoms with Crippen LogP contribution >= 0.6 is 11.8 Å². The number of hydrogen-bond donors (Lipinski definition) is 2. The number of amidine groups is 1. The minimum Gasteiger partial charge on any atom is -0.377 e. The largest absolute Gasteiger partial charge is 0.377 e. The molecule has 1 aromatic rings. The van der Waals surface area contributed by atoms with Gasteiger partial charge in [-0.25, -0.2) is 0 Å². The molecule has 0 radical (unpaired) electrons. The molecule has 80 valence electrons. The number of benzene rings is 1. The van der Waals surface area contributed by atoms with Gasteiger partial charge in [0.2, 0.25) is 0 Å². The van der Waals surface area contributed by atoms with Crippen molar-refractivity contribution < 1.29 is 4.92 Å².